The molecule has 0 aliphatic rings. The van der Waals surface area contributed by atoms with E-state index in [1.165, 1.54) is 0 Å². The van der Waals surface area contributed by atoms with Gasteiger partial charge in [-0.1, -0.05) is 24.3 Å². The summed E-state index contributed by atoms with van der Waals surface area (Å²) in [4.78, 5) is 10.7. The lowest BCUT2D eigenvalue weighted by atomic mass is 10.1. The van der Waals surface area contributed by atoms with Crippen LogP contribution in [-0.2, 0) is 6.42 Å². The van der Waals surface area contributed by atoms with Crippen molar-refractivity contribution >= 4 is 17.1 Å². The fourth-order valence-electron chi connectivity index (χ4n) is 2.07. The summed E-state index contributed by atoms with van der Waals surface area (Å²) in [7, 11) is 0. The van der Waals surface area contributed by atoms with E-state index >= 15 is 0 Å². The molecule has 0 aliphatic carbocycles. The van der Waals surface area contributed by atoms with Crippen LogP contribution in [0.15, 0.2) is 42.5 Å². The lowest BCUT2D eigenvalue weighted by Crippen LogP contribution is -2.07. The minimum absolute atomic E-state index is 0.143. The Bertz CT molecular complexity index is 609. The quantitative estimate of drug-likeness (QED) is 0.497. The first kappa shape index (κ1) is 13.9. The second kappa shape index (κ2) is 6.06. The number of nitro groups is 1. The van der Waals surface area contributed by atoms with Crippen LogP contribution in [-0.4, -0.2) is 11.5 Å². The molecular formula is C15H17N3O2. The van der Waals surface area contributed by atoms with E-state index in [4.69, 9.17) is 5.73 Å². The smallest absolute Gasteiger partial charge is 0.295 e. The van der Waals surface area contributed by atoms with Crippen LogP contribution in [0.2, 0.25) is 0 Å². The third kappa shape index (κ3) is 3.26. The van der Waals surface area contributed by atoms with Gasteiger partial charge in [0.05, 0.1) is 4.92 Å². The molecule has 0 heterocycles. The molecule has 0 fully saturated rings. The number of nitrogens with one attached hydrogen (secondary N) is 1. The van der Waals surface area contributed by atoms with Gasteiger partial charge in [-0.05, 0) is 37.1 Å². The Labute approximate surface area is 117 Å². The fraction of sp³-hybridized carbons (Fsp3) is 0.200. The van der Waals surface area contributed by atoms with Crippen molar-refractivity contribution < 1.29 is 4.92 Å². The molecule has 0 amide bonds. The highest BCUT2D eigenvalue weighted by atomic mass is 16.6. The van der Waals surface area contributed by atoms with Crippen molar-refractivity contribution in [1.82, 2.24) is 0 Å². The maximum absolute atomic E-state index is 11.1. The van der Waals surface area contributed by atoms with E-state index in [1.807, 2.05) is 30.3 Å². The standard InChI is InChI=1S/C15H17N3O2/c1-11-3-2-4-14(15(11)18(19)20)17-10-9-12-5-7-13(16)8-6-12/h2-8,17H,9-10,16H2,1H3. The van der Waals surface area contributed by atoms with Crippen molar-refractivity contribution in [3.63, 3.8) is 0 Å². The molecule has 0 spiro atoms. The van der Waals surface area contributed by atoms with Gasteiger partial charge in [0.2, 0.25) is 0 Å². The van der Waals surface area contributed by atoms with E-state index in [1.54, 1.807) is 19.1 Å². The van der Waals surface area contributed by atoms with Gasteiger partial charge in [0.15, 0.2) is 0 Å². The summed E-state index contributed by atoms with van der Waals surface area (Å²) in [6, 6.07) is 12.9. The topological polar surface area (TPSA) is 81.2 Å². The molecule has 0 radical (unpaired) electrons. The molecule has 104 valence electrons. The fourth-order valence-corrected chi connectivity index (χ4v) is 2.07. The van der Waals surface area contributed by atoms with E-state index in [0.29, 0.717) is 17.8 Å². The molecule has 20 heavy (non-hydrogen) atoms. The highest BCUT2D eigenvalue weighted by Gasteiger charge is 2.15. The minimum atomic E-state index is -0.346. The van der Waals surface area contributed by atoms with Crippen molar-refractivity contribution in [3.05, 3.63) is 63.7 Å². The Balaban J connectivity index is 2.02. The number of para-hydroxylation sites is 1. The molecule has 2 rings (SSSR count). The third-order valence-electron chi connectivity index (χ3n) is 3.13. The third-order valence-corrected chi connectivity index (χ3v) is 3.13. The van der Waals surface area contributed by atoms with Crippen molar-refractivity contribution in [2.45, 2.75) is 13.3 Å². The van der Waals surface area contributed by atoms with Crippen LogP contribution in [0.1, 0.15) is 11.1 Å². The lowest BCUT2D eigenvalue weighted by molar-refractivity contribution is -0.384. The van der Waals surface area contributed by atoms with Gasteiger partial charge in [-0.15, -0.1) is 0 Å². The number of anilines is 2. The van der Waals surface area contributed by atoms with Crippen LogP contribution < -0.4 is 11.1 Å². The number of nitrogens with two attached hydrogens (primary N) is 1. The summed E-state index contributed by atoms with van der Waals surface area (Å²) in [5, 5.41) is 14.2. The zero-order valence-corrected chi connectivity index (χ0v) is 11.3. The first-order valence-corrected chi connectivity index (χ1v) is 6.40. The minimum Gasteiger partial charge on any atom is -0.399 e. The first-order chi connectivity index (χ1) is 9.58. The zero-order chi connectivity index (χ0) is 14.5. The normalized spacial score (nSPS) is 10.2. The van der Waals surface area contributed by atoms with Gasteiger partial charge < -0.3 is 11.1 Å². The van der Waals surface area contributed by atoms with Gasteiger partial charge in [0.25, 0.3) is 5.69 Å². The molecule has 0 saturated carbocycles. The second-order valence-electron chi connectivity index (χ2n) is 4.65. The van der Waals surface area contributed by atoms with Crippen molar-refractivity contribution in [3.8, 4) is 0 Å². The maximum atomic E-state index is 11.1. The molecule has 0 aromatic heterocycles. The Morgan fingerprint density at radius 3 is 2.55 bits per heavy atom. The Hall–Kier alpha value is -2.56. The Morgan fingerprint density at radius 2 is 1.90 bits per heavy atom. The largest absolute Gasteiger partial charge is 0.399 e. The molecule has 0 unspecified atom stereocenters. The Morgan fingerprint density at radius 1 is 1.20 bits per heavy atom. The molecule has 2 aromatic carbocycles. The predicted octanol–water partition coefficient (Wildman–Crippen LogP) is 3.14. The summed E-state index contributed by atoms with van der Waals surface area (Å²) in [5.74, 6) is 0. The maximum Gasteiger partial charge on any atom is 0.295 e. The molecule has 5 nitrogen and oxygen atoms in total. The van der Waals surface area contributed by atoms with Gasteiger partial charge in [-0.3, -0.25) is 10.1 Å². The molecular weight excluding hydrogens is 254 g/mol. The van der Waals surface area contributed by atoms with Crippen LogP contribution in [0.3, 0.4) is 0 Å². The van der Waals surface area contributed by atoms with Gasteiger partial charge >= 0.3 is 0 Å². The average molecular weight is 271 g/mol. The molecule has 0 saturated heterocycles. The van der Waals surface area contributed by atoms with Gasteiger partial charge in [0, 0.05) is 17.8 Å². The van der Waals surface area contributed by atoms with Crippen LogP contribution in [0.25, 0.3) is 0 Å². The summed E-state index contributed by atoms with van der Waals surface area (Å²) >= 11 is 0. The zero-order valence-electron chi connectivity index (χ0n) is 11.3. The number of hydrogen-bond acceptors (Lipinski definition) is 4. The van der Waals surface area contributed by atoms with Crippen LogP contribution in [0.5, 0.6) is 0 Å². The predicted molar refractivity (Wildman–Crippen MR) is 80.9 cm³/mol. The molecule has 0 atom stereocenters. The van der Waals surface area contributed by atoms with E-state index < -0.39 is 0 Å². The van der Waals surface area contributed by atoms with Crippen molar-refractivity contribution in [2.24, 2.45) is 0 Å². The van der Waals surface area contributed by atoms with Gasteiger partial charge in [-0.2, -0.15) is 0 Å². The number of aryl methyl sites for hydroxylation is 1. The average Bonchev–Trinajstić information content (AvgIpc) is 2.40. The second-order valence-corrected chi connectivity index (χ2v) is 4.65. The van der Waals surface area contributed by atoms with E-state index in [9.17, 15) is 10.1 Å². The van der Waals surface area contributed by atoms with Crippen molar-refractivity contribution in [1.29, 1.82) is 0 Å². The van der Waals surface area contributed by atoms with Crippen LogP contribution >= 0.6 is 0 Å². The highest BCUT2D eigenvalue weighted by molar-refractivity contribution is 5.65. The van der Waals surface area contributed by atoms with E-state index in [2.05, 4.69) is 5.32 Å². The number of nitrogens with zero attached hydrogens (tertiary/aromatic N) is 1. The summed E-state index contributed by atoms with van der Waals surface area (Å²) < 4.78 is 0. The number of nitrogen functional groups attached to an aromatic ring is 1. The van der Waals surface area contributed by atoms with Gasteiger partial charge in [0.1, 0.15) is 5.69 Å². The Kier molecular flexibility index (Phi) is 4.20. The number of rotatable bonds is 5. The van der Waals surface area contributed by atoms with Gasteiger partial charge in [-0.25, -0.2) is 0 Å². The summed E-state index contributed by atoms with van der Waals surface area (Å²) in [6.07, 6.45) is 0.783. The lowest BCUT2D eigenvalue weighted by Gasteiger charge is -2.08. The summed E-state index contributed by atoms with van der Waals surface area (Å²) in [5.41, 5.74) is 8.86. The van der Waals surface area contributed by atoms with Crippen LogP contribution in [0, 0.1) is 17.0 Å². The molecule has 0 bridgehead atoms. The molecule has 0 aliphatic heterocycles. The highest BCUT2D eigenvalue weighted by Crippen LogP contribution is 2.27. The monoisotopic (exact) mass is 271 g/mol. The molecule has 5 heteroatoms. The number of nitro benzene ring substituents is 1. The summed E-state index contributed by atoms with van der Waals surface area (Å²) in [6.45, 7) is 2.37. The molecule has 3 N–H and O–H groups in total. The number of hydrogen-bond donors (Lipinski definition) is 2. The van der Waals surface area contributed by atoms with Crippen LogP contribution in [0.4, 0.5) is 17.1 Å². The van der Waals surface area contributed by atoms with E-state index in [0.717, 1.165) is 17.7 Å². The SMILES string of the molecule is Cc1cccc(NCCc2ccc(N)cc2)c1[N+](=O)[O-]. The number of benzene rings is 2. The van der Waals surface area contributed by atoms with E-state index in [-0.39, 0.29) is 10.6 Å². The first-order valence-electron chi connectivity index (χ1n) is 6.40. The molecule has 2 aromatic rings. The van der Waals surface area contributed by atoms with Crippen molar-refractivity contribution in [2.75, 3.05) is 17.6 Å².